The normalized spacial score (nSPS) is 18.1. The van der Waals surface area contributed by atoms with E-state index in [9.17, 15) is 13.6 Å². The number of halogens is 2. The Kier molecular flexibility index (Phi) is 6.71. The minimum absolute atomic E-state index is 0.242. The lowest BCUT2D eigenvalue weighted by atomic mass is 9.98. The average molecular weight is 388 g/mol. The van der Waals surface area contributed by atoms with Gasteiger partial charge in [-0.2, -0.15) is 0 Å². The lowest BCUT2D eigenvalue weighted by Gasteiger charge is -2.29. The zero-order valence-electron chi connectivity index (χ0n) is 15.4. The van der Waals surface area contributed by atoms with Gasteiger partial charge in [-0.25, -0.2) is 8.78 Å². The lowest BCUT2D eigenvalue weighted by Crippen LogP contribution is -2.40. The van der Waals surface area contributed by atoms with Crippen LogP contribution in [0.15, 0.2) is 53.7 Å². The Morgan fingerprint density at radius 2 is 1.93 bits per heavy atom. The second-order valence-corrected chi connectivity index (χ2v) is 6.74. The molecule has 1 aliphatic rings. The molecule has 0 saturated carbocycles. The highest BCUT2D eigenvalue weighted by Crippen LogP contribution is 2.17. The Labute approximate surface area is 162 Å². The van der Waals surface area contributed by atoms with E-state index in [1.807, 2.05) is 4.90 Å². The van der Waals surface area contributed by atoms with Gasteiger partial charge in [0.05, 0.1) is 5.92 Å². The first-order valence-corrected chi connectivity index (χ1v) is 9.20. The maximum atomic E-state index is 14.2. The quantitative estimate of drug-likeness (QED) is 0.448. The number of rotatable bonds is 7. The van der Waals surface area contributed by atoms with Crippen molar-refractivity contribution in [2.45, 2.75) is 12.8 Å². The maximum absolute atomic E-state index is 14.2. The summed E-state index contributed by atoms with van der Waals surface area (Å²) in [5, 5.41) is 13.3. The van der Waals surface area contributed by atoms with E-state index >= 15 is 0 Å². The van der Waals surface area contributed by atoms with Crippen LogP contribution in [0.3, 0.4) is 0 Å². The molecule has 1 heterocycles. The van der Waals surface area contributed by atoms with Gasteiger partial charge in [0, 0.05) is 24.2 Å². The molecule has 0 radical (unpaired) electrons. The van der Waals surface area contributed by atoms with E-state index < -0.39 is 17.6 Å². The van der Waals surface area contributed by atoms with Gasteiger partial charge in [0.25, 0.3) is 0 Å². The molecule has 2 aromatic rings. The first-order chi connectivity index (χ1) is 13.5. The fourth-order valence-electron chi connectivity index (χ4n) is 3.26. The Hall–Kier alpha value is -2.80. The molecule has 28 heavy (non-hydrogen) atoms. The molecule has 1 unspecified atom stereocenters. The molecule has 1 saturated heterocycles. The van der Waals surface area contributed by atoms with Crippen molar-refractivity contribution in [1.29, 1.82) is 0 Å². The minimum Gasteiger partial charge on any atom is -0.481 e. The van der Waals surface area contributed by atoms with Gasteiger partial charge in [0.1, 0.15) is 24.0 Å². The van der Waals surface area contributed by atoms with E-state index in [0.29, 0.717) is 25.1 Å². The van der Waals surface area contributed by atoms with Gasteiger partial charge >= 0.3 is 5.97 Å². The van der Waals surface area contributed by atoms with Gasteiger partial charge in [0.15, 0.2) is 0 Å². The smallest absolute Gasteiger partial charge is 0.307 e. The van der Waals surface area contributed by atoms with Crippen molar-refractivity contribution >= 4 is 11.7 Å². The number of oxime groups is 1. The van der Waals surface area contributed by atoms with E-state index in [4.69, 9.17) is 9.94 Å². The summed E-state index contributed by atoms with van der Waals surface area (Å²) in [4.78, 5) is 18.6. The van der Waals surface area contributed by atoms with E-state index in [0.717, 1.165) is 13.0 Å². The van der Waals surface area contributed by atoms with Gasteiger partial charge in [-0.1, -0.05) is 17.3 Å². The second-order valence-electron chi connectivity index (χ2n) is 6.74. The van der Waals surface area contributed by atoms with E-state index in [-0.39, 0.29) is 23.8 Å². The van der Waals surface area contributed by atoms with E-state index in [2.05, 4.69) is 5.16 Å². The molecule has 0 aliphatic carbocycles. The minimum atomic E-state index is -0.776. The molecule has 1 aliphatic heterocycles. The standard InChI is InChI=1S/C21H22F2N2O3/c22-17-9-7-15(8-10-17)20(18-5-1-2-6-19(18)23)24-28-13-12-25-11-3-4-16(14-25)21(26)27/h1-2,5-10,16H,3-4,11-14H2,(H,26,27). The fourth-order valence-corrected chi connectivity index (χ4v) is 3.26. The van der Waals surface area contributed by atoms with Crippen molar-refractivity contribution in [3.05, 3.63) is 71.3 Å². The van der Waals surface area contributed by atoms with Crippen LogP contribution in [0.1, 0.15) is 24.0 Å². The number of likely N-dealkylation sites (tertiary alicyclic amines) is 1. The summed E-state index contributed by atoms with van der Waals surface area (Å²) in [5.74, 6) is -1.97. The van der Waals surface area contributed by atoms with Crippen LogP contribution in [0.4, 0.5) is 8.78 Å². The molecule has 0 bridgehead atoms. The van der Waals surface area contributed by atoms with Crippen molar-refractivity contribution in [1.82, 2.24) is 4.90 Å². The Balaban J connectivity index is 1.69. The molecule has 1 atom stereocenters. The predicted molar refractivity (Wildman–Crippen MR) is 101 cm³/mol. The summed E-state index contributed by atoms with van der Waals surface area (Å²) in [6.45, 7) is 2.07. The average Bonchev–Trinajstić information content (AvgIpc) is 2.70. The zero-order valence-corrected chi connectivity index (χ0v) is 15.4. The lowest BCUT2D eigenvalue weighted by molar-refractivity contribution is -0.143. The monoisotopic (exact) mass is 388 g/mol. The number of aliphatic carboxylic acids is 1. The summed E-state index contributed by atoms with van der Waals surface area (Å²) in [6, 6.07) is 11.8. The van der Waals surface area contributed by atoms with Crippen LogP contribution < -0.4 is 0 Å². The molecular weight excluding hydrogens is 366 g/mol. The van der Waals surface area contributed by atoms with E-state index in [1.54, 1.807) is 18.2 Å². The number of nitrogens with zero attached hydrogens (tertiary/aromatic N) is 2. The number of hydrogen-bond acceptors (Lipinski definition) is 4. The van der Waals surface area contributed by atoms with Crippen molar-refractivity contribution in [2.24, 2.45) is 11.1 Å². The highest BCUT2D eigenvalue weighted by atomic mass is 19.1. The highest BCUT2D eigenvalue weighted by molar-refractivity contribution is 6.12. The third-order valence-electron chi connectivity index (χ3n) is 4.76. The molecule has 0 spiro atoms. The molecule has 1 fully saturated rings. The summed E-state index contributed by atoms with van der Waals surface area (Å²) >= 11 is 0. The first kappa shape index (κ1) is 19.9. The van der Waals surface area contributed by atoms with Crippen molar-refractivity contribution in [3.8, 4) is 0 Å². The number of carboxylic acids is 1. The molecule has 0 amide bonds. The largest absolute Gasteiger partial charge is 0.481 e. The van der Waals surface area contributed by atoms with Crippen LogP contribution in [0, 0.1) is 17.6 Å². The van der Waals surface area contributed by atoms with Gasteiger partial charge < -0.3 is 9.94 Å². The van der Waals surface area contributed by atoms with Crippen molar-refractivity contribution in [3.63, 3.8) is 0 Å². The topological polar surface area (TPSA) is 62.1 Å². The van der Waals surface area contributed by atoms with Crippen molar-refractivity contribution in [2.75, 3.05) is 26.2 Å². The van der Waals surface area contributed by atoms with Crippen LogP contribution in [0.25, 0.3) is 0 Å². The zero-order chi connectivity index (χ0) is 19.9. The third kappa shape index (κ3) is 5.13. The van der Waals surface area contributed by atoms with Gasteiger partial charge in [-0.3, -0.25) is 9.69 Å². The van der Waals surface area contributed by atoms with Crippen LogP contribution in [0.5, 0.6) is 0 Å². The third-order valence-corrected chi connectivity index (χ3v) is 4.76. The second kappa shape index (κ2) is 9.41. The predicted octanol–water partition coefficient (Wildman–Crippen LogP) is 3.53. The van der Waals surface area contributed by atoms with Crippen molar-refractivity contribution < 1.29 is 23.5 Å². The molecule has 1 N–H and O–H groups in total. The number of piperidine rings is 1. The Morgan fingerprint density at radius 3 is 2.64 bits per heavy atom. The summed E-state index contributed by atoms with van der Waals surface area (Å²) in [5.41, 5.74) is 1.08. The van der Waals surface area contributed by atoms with Gasteiger partial charge in [-0.15, -0.1) is 0 Å². The van der Waals surface area contributed by atoms with Crippen LogP contribution in [-0.4, -0.2) is 47.9 Å². The van der Waals surface area contributed by atoms with Gasteiger partial charge in [-0.05, 0) is 55.8 Å². The molecule has 0 aromatic heterocycles. The molecule has 5 nitrogen and oxygen atoms in total. The van der Waals surface area contributed by atoms with Crippen LogP contribution in [-0.2, 0) is 9.63 Å². The molecule has 3 rings (SSSR count). The highest BCUT2D eigenvalue weighted by Gasteiger charge is 2.25. The maximum Gasteiger partial charge on any atom is 0.307 e. The molecule has 148 valence electrons. The number of carboxylic acid groups (broad SMARTS) is 1. The molecule has 2 aromatic carbocycles. The number of hydrogen-bond donors (Lipinski definition) is 1. The van der Waals surface area contributed by atoms with Crippen LogP contribution in [0.2, 0.25) is 0 Å². The first-order valence-electron chi connectivity index (χ1n) is 9.20. The number of benzene rings is 2. The Morgan fingerprint density at radius 1 is 1.18 bits per heavy atom. The van der Waals surface area contributed by atoms with Crippen LogP contribution >= 0.6 is 0 Å². The summed E-state index contributed by atoms with van der Waals surface area (Å²) < 4.78 is 27.5. The molecule has 7 heteroatoms. The Bertz CT molecular complexity index is 840. The number of carbonyl (C=O) groups is 1. The van der Waals surface area contributed by atoms with Gasteiger partial charge in [0.2, 0.25) is 0 Å². The SMILES string of the molecule is O=C(O)C1CCCN(CCON=C(c2ccc(F)cc2)c2ccccc2F)C1. The molecular formula is C21H22F2N2O3. The fraction of sp³-hybridized carbons (Fsp3) is 0.333. The van der Waals surface area contributed by atoms with E-state index in [1.165, 1.54) is 30.3 Å². The summed E-state index contributed by atoms with van der Waals surface area (Å²) in [7, 11) is 0. The summed E-state index contributed by atoms with van der Waals surface area (Å²) in [6.07, 6.45) is 1.52.